The molecule has 0 fully saturated rings. The van der Waals surface area contributed by atoms with Crippen molar-refractivity contribution in [1.29, 1.82) is 0 Å². The number of aromatic nitrogens is 2. The smallest absolute Gasteiger partial charge is 0.260 e. The zero-order valence-electron chi connectivity index (χ0n) is 10.2. The summed E-state index contributed by atoms with van der Waals surface area (Å²) in [6.45, 7) is 0. The lowest BCUT2D eigenvalue weighted by Gasteiger charge is -2.00. The summed E-state index contributed by atoms with van der Waals surface area (Å²) in [6.07, 6.45) is 0. The van der Waals surface area contributed by atoms with Gasteiger partial charge in [0.1, 0.15) is 0 Å². The Kier molecular flexibility index (Phi) is 3.75. The molecule has 2 N–H and O–H groups in total. The summed E-state index contributed by atoms with van der Waals surface area (Å²) in [5.74, 6) is 0.968. The van der Waals surface area contributed by atoms with E-state index in [0.29, 0.717) is 17.4 Å². The standard InChI is InChI=1S/C14H9BrIN3O/c15-9-3-1-2-8(6-9)13-18-14(20-19-13)11-7-10(16)4-5-12(11)17/h1-7H,17H2. The molecule has 0 aliphatic heterocycles. The van der Waals surface area contributed by atoms with Crippen LogP contribution in [0.1, 0.15) is 0 Å². The lowest BCUT2D eigenvalue weighted by molar-refractivity contribution is 0.432. The number of benzene rings is 2. The fraction of sp³-hybridized carbons (Fsp3) is 0. The van der Waals surface area contributed by atoms with Crippen molar-refractivity contribution in [3.8, 4) is 22.8 Å². The van der Waals surface area contributed by atoms with Gasteiger partial charge in [-0.25, -0.2) is 0 Å². The summed E-state index contributed by atoms with van der Waals surface area (Å²) >= 11 is 5.65. The van der Waals surface area contributed by atoms with Crippen molar-refractivity contribution < 1.29 is 4.52 Å². The van der Waals surface area contributed by atoms with E-state index in [1.54, 1.807) is 0 Å². The average molecular weight is 442 g/mol. The predicted octanol–water partition coefficient (Wildman–Crippen LogP) is 4.35. The van der Waals surface area contributed by atoms with Crippen molar-refractivity contribution in [1.82, 2.24) is 10.1 Å². The van der Waals surface area contributed by atoms with Crippen LogP contribution in [0.25, 0.3) is 22.8 Å². The van der Waals surface area contributed by atoms with Crippen LogP contribution >= 0.6 is 38.5 Å². The maximum atomic E-state index is 5.95. The van der Waals surface area contributed by atoms with E-state index >= 15 is 0 Å². The molecule has 0 saturated heterocycles. The topological polar surface area (TPSA) is 64.9 Å². The maximum absolute atomic E-state index is 5.95. The molecular weight excluding hydrogens is 433 g/mol. The van der Waals surface area contributed by atoms with E-state index in [0.717, 1.165) is 19.2 Å². The lowest BCUT2D eigenvalue weighted by Crippen LogP contribution is -1.90. The first-order chi connectivity index (χ1) is 9.63. The van der Waals surface area contributed by atoms with E-state index in [9.17, 15) is 0 Å². The normalized spacial score (nSPS) is 10.7. The van der Waals surface area contributed by atoms with Crippen LogP contribution in [0.4, 0.5) is 5.69 Å². The summed E-state index contributed by atoms with van der Waals surface area (Å²) in [7, 11) is 0. The number of nitrogen functional groups attached to an aromatic ring is 1. The monoisotopic (exact) mass is 441 g/mol. The highest BCUT2D eigenvalue weighted by Crippen LogP contribution is 2.28. The van der Waals surface area contributed by atoms with E-state index in [-0.39, 0.29) is 0 Å². The first kappa shape index (κ1) is 13.6. The highest BCUT2D eigenvalue weighted by Gasteiger charge is 2.13. The van der Waals surface area contributed by atoms with Gasteiger partial charge < -0.3 is 10.3 Å². The zero-order valence-corrected chi connectivity index (χ0v) is 13.9. The van der Waals surface area contributed by atoms with Crippen molar-refractivity contribution in [2.75, 3.05) is 5.73 Å². The Balaban J connectivity index is 2.04. The van der Waals surface area contributed by atoms with Crippen LogP contribution in [-0.4, -0.2) is 10.1 Å². The number of hydrogen-bond acceptors (Lipinski definition) is 4. The average Bonchev–Trinajstić information content (AvgIpc) is 2.91. The van der Waals surface area contributed by atoms with Gasteiger partial charge in [-0.1, -0.05) is 33.2 Å². The SMILES string of the molecule is Nc1ccc(I)cc1-c1nc(-c2cccc(Br)c2)no1. The van der Waals surface area contributed by atoms with Crippen molar-refractivity contribution in [2.24, 2.45) is 0 Å². The van der Waals surface area contributed by atoms with E-state index in [2.05, 4.69) is 48.7 Å². The molecule has 0 atom stereocenters. The molecule has 20 heavy (non-hydrogen) atoms. The van der Waals surface area contributed by atoms with E-state index in [1.165, 1.54) is 0 Å². The number of nitrogens with zero attached hydrogens (tertiary/aromatic N) is 2. The van der Waals surface area contributed by atoms with Gasteiger partial charge in [-0.3, -0.25) is 0 Å². The molecular formula is C14H9BrIN3O. The second-order valence-corrected chi connectivity index (χ2v) is 6.33. The second-order valence-electron chi connectivity index (χ2n) is 4.17. The van der Waals surface area contributed by atoms with Crippen LogP contribution in [-0.2, 0) is 0 Å². The molecule has 0 saturated carbocycles. The molecule has 3 rings (SSSR count). The van der Waals surface area contributed by atoms with Gasteiger partial charge in [-0.05, 0) is 52.9 Å². The fourth-order valence-electron chi connectivity index (χ4n) is 1.79. The molecule has 6 heteroatoms. The van der Waals surface area contributed by atoms with Gasteiger partial charge in [0.2, 0.25) is 5.82 Å². The first-order valence-electron chi connectivity index (χ1n) is 5.78. The van der Waals surface area contributed by atoms with Crippen LogP contribution in [0.5, 0.6) is 0 Å². The molecule has 2 aromatic carbocycles. The molecule has 1 heterocycles. The van der Waals surface area contributed by atoms with Crippen LogP contribution < -0.4 is 5.73 Å². The Morgan fingerprint density at radius 2 is 2.00 bits per heavy atom. The van der Waals surface area contributed by atoms with Crippen molar-refractivity contribution in [2.45, 2.75) is 0 Å². The Morgan fingerprint density at radius 1 is 1.15 bits per heavy atom. The van der Waals surface area contributed by atoms with Crippen molar-refractivity contribution >= 4 is 44.2 Å². The third-order valence-corrected chi connectivity index (χ3v) is 3.92. The van der Waals surface area contributed by atoms with Crippen LogP contribution in [0.2, 0.25) is 0 Å². The van der Waals surface area contributed by atoms with Gasteiger partial charge in [0, 0.05) is 19.3 Å². The molecule has 4 nitrogen and oxygen atoms in total. The maximum Gasteiger partial charge on any atom is 0.260 e. The summed E-state index contributed by atoms with van der Waals surface area (Å²) in [5, 5.41) is 4.01. The van der Waals surface area contributed by atoms with Crippen LogP contribution in [0.3, 0.4) is 0 Å². The van der Waals surface area contributed by atoms with E-state index in [4.69, 9.17) is 10.3 Å². The van der Waals surface area contributed by atoms with Gasteiger partial charge >= 0.3 is 0 Å². The number of halogens is 2. The second kappa shape index (κ2) is 5.53. The third-order valence-electron chi connectivity index (χ3n) is 2.75. The molecule has 3 aromatic rings. The molecule has 100 valence electrons. The minimum absolute atomic E-state index is 0.427. The van der Waals surface area contributed by atoms with E-state index < -0.39 is 0 Å². The Labute approximate surface area is 137 Å². The summed E-state index contributed by atoms with van der Waals surface area (Å²) in [4.78, 5) is 4.41. The highest BCUT2D eigenvalue weighted by molar-refractivity contribution is 14.1. The van der Waals surface area contributed by atoms with Crippen LogP contribution in [0, 0.1) is 3.57 Å². The van der Waals surface area contributed by atoms with Gasteiger partial charge in [-0.15, -0.1) is 0 Å². The number of nitrogens with two attached hydrogens (primary N) is 1. The summed E-state index contributed by atoms with van der Waals surface area (Å²) in [6, 6.07) is 13.4. The lowest BCUT2D eigenvalue weighted by atomic mass is 10.2. The molecule has 0 aliphatic carbocycles. The first-order valence-corrected chi connectivity index (χ1v) is 7.66. The quantitative estimate of drug-likeness (QED) is 0.474. The summed E-state index contributed by atoms with van der Waals surface area (Å²) in [5.41, 5.74) is 8.22. The van der Waals surface area contributed by atoms with Gasteiger partial charge in [0.05, 0.1) is 5.56 Å². The Bertz CT molecular complexity index is 773. The Hall–Kier alpha value is -1.41. The molecule has 0 aliphatic rings. The zero-order chi connectivity index (χ0) is 14.1. The molecule has 0 radical (unpaired) electrons. The minimum atomic E-state index is 0.427. The van der Waals surface area contributed by atoms with Crippen molar-refractivity contribution in [3.63, 3.8) is 0 Å². The largest absolute Gasteiger partial charge is 0.398 e. The van der Waals surface area contributed by atoms with E-state index in [1.807, 2.05) is 42.5 Å². The Morgan fingerprint density at radius 3 is 2.80 bits per heavy atom. The minimum Gasteiger partial charge on any atom is -0.398 e. The molecule has 0 spiro atoms. The highest BCUT2D eigenvalue weighted by atomic mass is 127. The summed E-state index contributed by atoms with van der Waals surface area (Å²) < 4.78 is 7.35. The molecule has 0 amide bonds. The number of anilines is 1. The number of rotatable bonds is 2. The van der Waals surface area contributed by atoms with Crippen molar-refractivity contribution in [3.05, 3.63) is 50.5 Å². The van der Waals surface area contributed by atoms with Gasteiger partial charge in [0.15, 0.2) is 0 Å². The van der Waals surface area contributed by atoms with Gasteiger partial charge in [0.25, 0.3) is 5.89 Å². The van der Waals surface area contributed by atoms with Crippen LogP contribution in [0.15, 0.2) is 51.5 Å². The fourth-order valence-corrected chi connectivity index (χ4v) is 2.68. The molecule has 1 aromatic heterocycles. The third kappa shape index (κ3) is 2.71. The predicted molar refractivity (Wildman–Crippen MR) is 90.0 cm³/mol. The van der Waals surface area contributed by atoms with Gasteiger partial charge in [-0.2, -0.15) is 4.98 Å². The number of hydrogen-bond donors (Lipinski definition) is 1. The molecule has 0 bridgehead atoms. The molecule has 0 unspecified atom stereocenters.